The van der Waals surface area contributed by atoms with Gasteiger partial charge in [0.05, 0.1) is 30.5 Å². The first-order chi connectivity index (χ1) is 13.6. The van der Waals surface area contributed by atoms with Crippen LogP contribution in [0.3, 0.4) is 0 Å². The van der Waals surface area contributed by atoms with E-state index in [0.717, 1.165) is 34.6 Å². The number of nitrogens with zero attached hydrogens (tertiary/aromatic N) is 1. The van der Waals surface area contributed by atoms with Crippen LogP contribution in [0.5, 0.6) is 11.5 Å². The molecule has 6 nitrogen and oxygen atoms in total. The van der Waals surface area contributed by atoms with E-state index in [1.54, 1.807) is 14.2 Å². The van der Waals surface area contributed by atoms with Crippen LogP contribution in [0.25, 0.3) is 11.0 Å². The number of imidazole rings is 1. The van der Waals surface area contributed by atoms with Crippen molar-refractivity contribution in [3.8, 4) is 11.5 Å². The Morgan fingerprint density at radius 2 is 1.96 bits per heavy atom. The second kappa shape index (κ2) is 9.50. The van der Waals surface area contributed by atoms with E-state index in [9.17, 15) is 4.79 Å². The molecule has 0 aliphatic heterocycles. The van der Waals surface area contributed by atoms with Crippen molar-refractivity contribution in [3.05, 3.63) is 48.0 Å². The number of para-hydroxylation sites is 2. The highest BCUT2D eigenvalue weighted by Crippen LogP contribution is 2.28. The molecular weight excluding hydrogens is 374 g/mol. The molecule has 28 heavy (non-hydrogen) atoms. The molecule has 1 amide bonds. The van der Waals surface area contributed by atoms with Crippen molar-refractivity contribution in [2.24, 2.45) is 0 Å². The van der Waals surface area contributed by atoms with E-state index in [-0.39, 0.29) is 11.2 Å². The maximum absolute atomic E-state index is 12.6. The number of ether oxygens (including phenoxy) is 2. The van der Waals surface area contributed by atoms with Gasteiger partial charge in [-0.2, -0.15) is 0 Å². The number of aromatic amines is 1. The smallest absolute Gasteiger partial charge is 0.233 e. The van der Waals surface area contributed by atoms with Gasteiger partial charge in [0.15, 0.2) is 16.7 Å². The Bertz CT molecular complexity index is 909. The summed E-state index contributed by atoms with van der Waals surface area (Å²) >= 11 is 1.46. The predicted octanol–water partition coefficient (Wildman–Crippen LogP) is 3.81. The fraction of sp³-hybridized carbons (Fsp3) is 0.333. The lowest BCUT2D eigenvalue weighted by Gasteiger charge is -2.14. The Balaban J connectivity index is 1.55. The van der Waals surface area contributed by atoms with Crippen LogP contribution in [-0.2, 0) is 11.2 Å². The lowest BCUT2D eigenvalue weighted by molar-refractivity contribution is -0.120. The molecule has 0 aliphatic rings. The minimum atomic E-state index is -0.189. The number of aromatic nitrogens is 2. The molecule has 3 aromatic rings. The number of methoxy groups -OCH3 is 2. The van der Waals surface area contributed by atoms with Gasteiger partial charge in [0.25, 0.3) is 0 Å². The third kappa shape index (κ3) is 4.78. The third-order valence-electron chi connectivity index (χ3n) is 4.45. The SMILES string of the molecule is CCC(Sc1nc2ccccc2[nH]1)C(=O)NCCc1ccc(OC)c(OC)c1. The van der Waals surface area contributed by atoms with Crippen LogP contribution in [0.4, 0.5) is 0 Å². The number of amides is 1. The summed E-state index contributed by atoms with van der Waals surface area (Å²) < 4.78 is 10.6. The lowest BCUT2D eigenvalue weighted by Crippen LogP contribution is -2.33. The van der Waals surface area contributed by atoms with Gasteiger partial charge in [0.1, 0.15) is 0 Å². The average molecular weight is 400 g/mol. The zero-order valence-electron chi connectivity index (χ0n) is 16.3. The topological polar surface area (TPSA) is 76.2 Å². The number of nitrogens with one attached hydrogen (secondary N) is 2. The van der Waals surface area contributed by atoms with E-state index in [1.807, 2.05) is 49.4 Å². The molecule has 0 radical (unpaired) electrons. The van der Waals surface area contributed by atoms with E-state index in [4.69, 9.17) is 9.47 Å². The average Bonchev–Trinajstić information content (AvgIpc) is 3.14. The summed E-state index contributed by atoms with van der Waals surface area (Å²) in [6.45, 7) is 2.57. The molecule has 0 saturated heterocycles. The van der Waals surface area contributed by atoms with Gasteiger partial charge in [-0.15, -0.1) is 0 Å². The lowest BCUT2D eigenvalue weighted by atomic mass is 10.1. The fourth-order valence-electron chi connectivity index (χ4n) is 2.92. The van der Waals surface area contributed by atoms with Crippen LogP contribution in [0, 0.1) is 0 Å². The summed E-state index contributed by atoms with van der Waals surface area (Å²) in [5.74, 6) is 1.41. The van der Waals surface area contributed by atoms with Gasteiger partial charge >= 0.3 is 0 Å². The van der Waals surface area contributed by atoms with Crippen molar-refractivity contribution in [1.29, 1.82) is 0 Å². The van der Waals surface area contributed by atoms with Crippen LogP contribution >= 0.6 is 11.8 Å². The molecule has 1 unspecified atom stereocenters. The second-order valence-corrected chi connectivity index (χ2v) is 7.50. The molecule has 0 spiro atoms. The molecule has 2 aromatic carbocycles. The first-order valence-electron chi connectivity index (χ1n) is 9.24. The van der Waals surface area contributed by atoms with Crippen molar-refractivity contribution in [3.63, 3.8) is 0 Å². The number of hydrogen-bond donors (Lipinski definition) is 2. The number of fused-ring (bicyclic) bond motifs is 1. The molecule has 7 heteroatoms. The van der Waals surface area contributed by atoms with Crippen LogP contribution in [0.15, 0.2) is 47.6 Å². The molecule has 1 heterocycles. The highest BCUT2D eigenvalue weighted by molar-refractivity contribution is 8.00. The highest BCUT2D eigenvalue weighted by Gasteiger charge is 2.19. The van der Waals surface area contributed by atoms with Crippen LogP contribution in [0.2, 0.25) is 0 Å². The first kappa shape index (κ1) is 20.1. The molecule has 0 aliphatic carbocycles. The van der Waals surface area contributed by atoms with Crippen LogP contribution in [-0.4, -0.2) is 41.9 Å². The normalized spacial score (nSPS) is 12.0. The van der Waals surface area contributed by atoms with Gasteiger partial charge < -0.3 is 19.8 Å². The number of hydrogen-bond acceptors (Lipinski definition) is 5. The van der Waals surface area contributed by atoms with E-state index in [0.29, 0.717) is 18.0 Å². The summed E-state index contributed by atoms with van der Waals surface area (Å²) in [6.07, 6.45) is 1.45. The summed E-state index contributed by atoms with van der Waals surface area (Å²) in [6, 6.07) is 13.7. The Morgan fingerprint density at radius 3 is 2.68 bits per heavy atom. The van der Waals surface area contributed by atoms with E-state index < -0.39 is 0 Å². The van der Waals surface area contributed by atoms with Crippen molar-refractivity contribution in [1.82, 2.24) is 15.3 Å². The van der Waals surface area contributed by atoms with Crippen molar-refractivity contribution in [2.75, 3.05) is 20.8 Å². The molecule has 148 valence electrons. The fourth-order valence-corrected chi connectivity index (χ4v) is 3.87. The molecule has 0 saturated carbocycles. The third-order valence-corrected chi connectivity index (χ3v) is 5.69. The number of carbonyl (C=O) groups excluding carboxylic acids is 1. The zero-order valence-corrected chi connectivity index (χ0v) is 17.1. The van der Waals surface area contributed by atoms with Crippen LogP contribution < -0.4 is 14.8 Å². The Hall–Kier alpha value is -2.67. The standard InChI is InChI=1S/C21H25N3O3S/c1-4-19(28-21-23-15-7-5-6-8-16(15)24-21)20(25)22-12-11-14-9-10-17(26-2)18(13-14)27-3/h5-10,13,19H,4,11-12H2,1-3H3,(H,22,25)(H,23,24). The number of benzene rings is 2. The molecule has 0 fully saturated rings. The van der Waals surface area contributed by atoms with Gasteiger partial charge in [-0.3, -0.25) is 4.79 Å². The van der Waals surface area contributed by atoms with E-state index >= 15 is 0 Å². The quantitative estimate of drug-likeness (QED) is 0.535. The number of H-pyrrole nitrogens is 1. The van der Waals surface area contributed by atoms with Crippen LogP contribution in [0.1, 0.15) is 18.9 Å². The van der Waals surface area contributed by atoms with Gasteiger partial charge in [-0.05, 0) is 42.7 Å². The largest absolute Gasteiger partial charge is 0.493 e. The highest BCUT2D eigenvalue weighted by atomic mass is 32.2. The summed E-state index contributed by atoms with van der Waals surface area (Å²) in [5, 5.41) is 3.61. The number of carbonyl (C=O) groups is 1. The molecule has 2 N–H and O–H groups in total. The summed E-state index contributed by atoms with van der Waals surface area (Å²) in [4.78, 5) is 20.4. The first-order valence-corrected chi connectivity index (χ1v) is 10.1. The second-order valence-electron chi connectivity index (χ2n) is 6.30. The summed E-state index contributed by atoms with van der Waals surface area (Å²) in [5.41, 5.74) is 2.97. The van der Waals surface area contributed by atoms with E-state index in [1.165, 1.54) is 11.8 Å². The molecule has 0 bridgehead atoms. The maximum Gasteiger partial charge on any atom is 0.233 e. The van der Waals surface area contributed by atoms with Gasteiger partial charge in [0.2, 0.25) is 5.91 Å². The van der Waals surface area contributed by atoms with Crippen molar-refractivity contribution in [2.45, 2.75) is 30.2 Å². The van der Waals surface area contributed by atoms with Gasteiger partial charge in [-0.25, -0.2) is 4.98 Å². The van der Waals surface area contributed by atoms with Crippen molar-refractivity contribution >= 4 is 28.7 Å². The minimum absolute atomic E-state index is 0.0217. The zero-order chi connectivity index (χ0) is 19.9. The number of thioether (sulfide) groups is 1. The predicted molar refractivity (Wildman–Crippen MR) is 112 cm³/mol. The Labute approximate surface area is 169 Å². The van der Waals surface area contributed by atoms with Crippen molar-refractivity contribution < 1.29 is 14.3 Å². The Morgan fingerprint density at radius 1 is 1.18 bits per heavy atom. The summed E-state index contributed by atoms with van der Waals surface area (Å²) in [7, 11) is 3.23. The molecule has 1 atom stereocenters. The monoisotopic (exact) mass is 399 g/mol. The minimum Gasteiger partial charge on any atom is -0.493 e. The van der Waals surface area contributed by atoms with Gasteiger partial charge in [0, 0.05) is 6.54 Å². The molecule has 3 rings (SSSR count). The Kier molecular flexibility index (Phi) is 6.81. The maximum atomic E-state index is 12.6. The molecular formula is C21H25N3O3S. The van der Waals surface area contributed by atoms with Gasteiger partial charge in [-0.1, -0.05) is 36.9 Å². The van der Waals surface area contributed by atoms with E-state index in [2.05, 4.69) is 15.3 Å². The molecule has 1 aromatic heterocycles. The number of rotatable bonds is 9.